The Labute approximate surface area is 169 Å². The summed E-state index contributed by atoms with van der Waals surface area (Å²) in [4.78, 5) is 16.7. The summed E-state index contributed by atoms with van der Waals surface area (Å²) in [6, 6.07) is 8.75. The molecule has 1 aromatic carbocycles. The third-order valence-corrected chi connectivity index (χ3v) is 6.89. The van der Waals surface area contributed by atoms with Crippen LogP contribution >= 0.6 is 11.3 Å². The second-order valence-corrected chi connectivity index (χ2v) is 9.02. The van der Waals surface area contributed by atoms with E-state index in [0.29, 0.717) is 11.3 Å². The SMILES string of the molecule is Cc1[nH]nc2ncc(NC(=O)c3ccc(NS(=O)(=O)c4cccs4)cc3O)cc12. The third-order valence-electron chi connectivity index (χ3n) is 4.11. The van der Waals surface area contributed by atoms with Crippen molar-refractivity contribution in [1.29, 1.82) is 0 Å². The first-order valence-electron chi connectivity index (χ1n) is 8.35. The Bertz CT molecular complexity index is 1310. The first-order valence-corrected chi connectivity index (χ1v) is 10.7. The number of fused-ring (bicyclic) bond motifs is 1. The van der Waals surface area contributed by atoms with Crippen molar-refractivity contribution in [1.82, 2.24) is 15.2 Å². The number of carbonyl (C=O) groups is 1. The highest BCUT2D eigenvalue weighted by Gasteiger charge is 2.18. The third kappa shape index (κ3) is 3.77. The van der Waals surface area contributed by atoms with Gasteiger partial charge in [-0.3, -0.25) is 14.6 Å². The molecule has 3 heterocycles. The van der Waals surface area contributed by atoms with Crippen molar-refractivity contribution in [3.63, 3.8) is 0 Å². The quantitative estimate of drug-likeness (QED) is 0.385. The summed E-state index contributed by atoms with van der Waals surface area (Å²) in [5.74, 6) is -0.917. The molecule has 148 valence electrons. The minimum atomic E-state index is -3.75. The average Bonchev–Trinajstić information content (AvgIpc) is 3.33. The number of hydrogen-bond donors (Lipinski definition) is 4. The van der Waals surface area contributed by atoms with Gasteiger partial charge in [0.15, 0.2) is 5.65 Å². The molecule has 0 fully saturated rings. The van der Waals surface area contributed by atoms with Crippen LogP contribution in [0.3, 0.4) is 0 Å². The van der Waals surface area contributed by atoms with Crippen LogP contribution in [-0.4, -0.2) is 34.6 Å². The summed E-state index contributed by atoms with van der Waals surface area (Å²) in [6.45, 7) is 1.84. The highest BCUT2D eigenvalue weighted by molar-refractivity contribution is 7.94. The molecule has 29 heavy (non-hydrogen) atoms. The number of nitrogens with one attached hydrogen (secondary N) is 3. The van der Waals surface area contributed by atoms with Crippen LogP contribution in [0, 0.1) is 6.92 Å². The van der Waals surface area contributed by atoms with Crippen LogP contribution in [-0.2, 0) is 10.0 Å². The van der Waals surface area contributed by atoms with Crippen molar-refractivity contribution in [3.8, 4) is 5.75 Å². The van der Waals surface area contributed by atoms with Crippen LogP contribution in [0.4, 0.5) is 11.4 Å². The highest BCUT2D eigenvalue weighted by Crippen LogP contribution is 2.26. The van der Waals surface area contributed by atoms with Gasteiger partial charge in [-0.2, -0.15) is 5.10 Å². The van der Waals surface area contributed by atoms with Crippen molar-refractivity contribution >= 4 is 49.7 Å². The first kappa shape index (κ1) is 18.9. The van der Waals surface area contributed by atoms with Crippen LogP contribution in [0.1, 0.15) is 16.1 Å². The van der Waals surface area contributed by atoms with Crippen molar-refractivity contribution in [3.05, 3.63) is 59.2 Å². The molecule has 9 nitrogen and oxygen atoms in total. The smallest absolute Gasteiger partial charge is 0.271 e. The Balaban J connectivity index is 1.54. The second-order valence-electron chi connectivity index (χ2n) is 6.17. The number of nitrogens with zero attached hydrogens (tertiary/aromatic N) is 2. The molecule has 4 rings (SSSR count). The van der Waals surface area contributed by atoms with E-state index in [4.69, 9.17) is 0 Å². The molecule has 3 aromatic heterocycles. The lowest BCUT2D eigenvalue weighted by molar-refractivity contribution is 0.102. The second kappa shape index (κ2) is 7.18. The number of rotatable bonds is 5. The summed E-state index contributed by atoms with van der Waals surface area (Å²) in [7, 11) is -3.75. The summed E-state index contributed by atoms with van der Waals surface area (Å²) in [5, 5.41) is 22.1. The number of sulfonamides is 1. The van der Waals surface area contributed by atoms with Gasteiger partial charge in [-0.15, -0.1) is 11.3 Å². The number of hydrogen-bond acceptors (Lipinski definition) is 7. The molecule has 0 saturated heterocycles. The molecule has 11 heteroatoms. The number of phenols is 1. The first-order chi connectivity index (χ1) is 13.8. The van der Waals surface area contributed by atoms with E-state index in [9.17, 15) is 18.3 Å². The Hall–Kier alpha value is -3.44. The van der Waals surface area contributed by atoms with Gasteiger partial charge in [0.1, 0.15) is 9.96 Å². The zero-order valence-corrected chi connectivity index (χ0v) is 16.6. The Morgan fingerprint density at radius 2 is 2.03 bits per heavy atom. The Kier molecular flexibility index (Phi) is 4.68. The number of anilines is 2. The summed E-state index contributed by atoms with van der Waals surface area (Å²) < 4.78 is 27.1. The molecule has 0 unspecified atom stereocenters. The molecule has 0 aliphatic carbocycles. The lowest BCUT2D eigenvalue weighted by Gasteiger charge is -2.10. The average molecular weight is 429 g/mol. The fourth-order valence-corrected chi connectivity index (χ4v) is 4.74. The Morgan fingerprint density at radius 3 is 2.76 bits per heavy atom. The van der Waals surface area contributed by atoms with E-state index in [0.717, 1.165) is 22.4 Å². The number of phenolic OH excluding ortho intramolecular Hbond substituents is 1. The molecule has 0 saturated carbocycles. The van der Waals surface area contributed by atoms with E-state index >= 15 is 0 Å². The van der Waals surface area contributed by atoms with E-state index in [1.54, 1.807) is 17.5 Å². The van der Waals surface area contributed by atoms with Crippen LogP contribution in [0.2, 0.25) is 0 Å². The molecule has 0 spiro atoms. The van der Waals surface area contributed by atoms with Gasteiger partial charge >= 0.3 is 0 Å². The van der Waals surface area contributed by atoms with Crippen LogP contribution < -0.4 is 10.0 Å². The number of pyridine rings is 1. The fourth-order valence-electron chi connectivity index (χ4n) is 2.70. The van der Waals surface area contributed by atoms with Gasteiger partial charge in [-0.25, -0.2) is 13.4 Å². The monoisotopic (exact) mass is 429 g/mol. The molecule has 0 atom stereocenters. The van der Waals surface area contributed by atoms with Gasteiger partial charge in [0, 0.05) is 17.1 Å². The normalized spacial score (nSPS) is 11.5. The number of H-pyrrole nitrogens is 1. The Morgan fingerprint density at radius 1 is 1.21 bits per heavy atom. The molecular weight excluding hydrogens is 414 g/mol. The van der Waals surface area contributed by atoms with Crippen molar-refractivity contribution in [2.45, 2.75) is 11.1 Å². The maximum Gasteiger partial charge on any atom is 0.271 e. The summed E-state index contributed by atoms with van der Waals surface area (Å²) in [6.07, 6.45) is 1.46. The van der Waals surface area contributed by atoms with Gasteiger partial charge in [0.25, 0.3) is 15.9 Å². The zero-order valence-electron chi connectivity index (χ0n) is 15.0. The highest BCUT2D eigenvalue weighted by atomic mass is 32.2. The minimum Gasteiger partial charge on any atom is -0.507 e. The largest absolute Gasteiger partial charge is 0.507 e. The van der Waals surface area contributed by atoms with E-state index in [-0.39, 0.29) is 21.2 Å². The van der Waals surface area contributed by atoms with Crippen LogP contribution in [0.25, 0.3) is 11.0 Å². The fraction of sp³-hybridized carbons (Fsp3) is 0.0556. The summed E-state index contributed by atoms with van der Waals surface area (Å²) >= 11 is 1.08. The number of carbonyl (C=O) groups excluding carboxylic acids is 1. The lowest BCUT2D eigenvalue weighted by atomic mass is 10.1. The van der Waals surface area contributed by atoms with Crippen LogP contribution in [0.15, 0.2) is 52.2 Å². The maximum absolute atomic E-state index is 12.5. The number of aromatic nitrogens is 3. The minimum absolute atomic E-state index is 0.00640. The van der Waals surface area contributed by atoms with Gasteiger partial charge in [-0.05, 0) is 36.6 Å². The van der Waals surface area contributed by atoms with Gasteiger partial charge in [-0.1, -0.05) is 6.07 Å². The van der Waals surface area contributed by atoms with E-state index in [2.05, 4.69) is 25.2 Å². The molecule has 4 aromatic rings. The standard InChI is InChI=1S/C18H15N5O4S2/c1-10-14-7-12(9-19-17(14)22-21-10)20-18(25)13-5-4-11(8-15(13)24)23-29(26,27)16-3-2-6-28-16/h2-9,23-24H,1H3,(H,20,25)(H,19,21,22). The predicted molar refractivity (Wildman–Crippen MR) is 110 cm³/mol. The van der Waals surface area contributed by atoms with Crippen LogP contribution in [0.5, 0.6) is 5.75 Å². The van der Waals surface area contributed by atoms with Crippen molar-refractivity contribution < 1.29 is 18.3 Å². The van der Waals surface area contributed by atoms with E-state index < -0.39 is 15.9 Å². The number of aromatic amines is 1. The molecule has 0 aliphatic heterocycles. The molecular formula is C18H15N5O4S2. The maximum atomic E-state index is 12.5. The number of benzene rings is 1. The molecule has 4 N–H and O–H groups in total. The zero-order chi connectivity index (χ0) is 20.6. The number of thiophene rings is 1. The predicted octanol–water partition coefficient (Wildman–Crippen LogP) is 3.09. The van der Waals surface area contributed by atoms with Gasteiger partial charge < -0.3 is 10.4 Å². The molecule has 0 bridgehead atoms. The number of aryl methyl sites for hydroxylation is 1. The van der Waals surface area contributed by atoms with Crippen molar-refractivity contribution in [2.24, 2.45) is 0 Å². The summed E-state index contributed by atoms with van der Waals surface area (Å²) in [5.41, 5.74) is 1.92. The van der Waals surface area contributed by atoms with Gasteiger partial charge in [0.05, 0.1) is 23.1 Å². The lowest BCUT2D eigenvalue weighted by Crippen LogP contribution is -2.14. The topological polar surface area (TPSA) is 137 Å². The number of aromatic hydroxyl groups is 1. The molecule has 0 aliphatic rings. The number of amides is 1. The van der Waals surface area contributed by atoms with E-state index in [1.165, 1.54) is 30.5 Å². The molecule has 1 amide bonds. The van der Waals surface area contributed by atoms with E-state index in [1.807, 2.05) is 6.92 Å². The van der Waals surface area contributed by atoms with Gasteiger partial charge in [0.2, 0.25) is 0 Å². The van der Waals surface area contributed by atoms with Crippen molar-refractivity contribution in [2.75, 3.05) is 10.0 Å². The molecule has 0 radical (unpaired) electrons.